The van der Waals surface area contributed by atoms with Crippen LogP contribution in [0.2, 0.25) is 0 Å². The Balaban J connectivity index is 1.87. The summed E-state index contributed by atoms with van der Waals surface area (Å²) in [6, 6.07) is 13.4. The number of nitrogens with one attached hydrogen (secondary N) is 1. The van der Waals surface area contributed by atoms with E-state index in [-0.39, 0.29) is 6.01 Å². The van der Waals surface area contributed by atoms with Crippen LogP contribution in [-0.4, -0.2) is 9.97 Å². The van der Waals surface area contributed by atoms with E-state index in [0.717, 1.165) is 22.6 Å². The number of anilines is 3. The number of hydrogen-bond donors (Lipinski definition) is 2. The normalized spacial score (nSPS) is 10.2. The van der Waals surface area contributed by atoms with Gasteiger partial charge >= 0.3 is 6.01 Å². The van der Waals surface area contributed by atoms with Gasteiger partial charge in [0.1, 0.15) is 5.75 Å². The maximum absolute atomic E-state index is 8.87. The first kappa shape index (κ1) is 17.2. The molecule has 0 saturated heterocycles. The fourth-order valence-corrected chi connectivity index (χ4v) is 2.71. The molecule has 0 aliphatic carbocycles. The van der Waals surface area contributed by atoms with E-state index in [1.807, 2.05) is 20.8 Å². The summed E-state index contributed by atoms with van der Waals surface area (Å²) in [5.41, 5.74) is 10.9. The Bertz CT molecular complexity index is 967. The quantitative estimate of drug-likeness (QED) is 0.728. The monoisotopic (exact) mass is 345 g/mol. The maximum atomic E-state index is 8.87. The van der Waals surface area contributed by atoms with Crippen LogP contribution in [0.15, 0.2) is 42.6 Å². The molecule has 0 bridgehead atoms. The van der Waals surface area contributed by atoms with Crippen LogP contribution < -0.4 is 15.8 Å². The lowest BCUT2D eigenvalue weighted by Crippen LogP contribution is -2.03. The molecule has 0 spiro atoms. The number of nitrogens with two attached hydrogens (primary N) is 1. The summed E-state index contributed by atoms with van der Waals surface area (Å²) in [6.07, 6.45) is 1.51. The van der Waals surface area contributed by atoms with Crippen molar-refractivity contribution in [2.75, 3.05) is 11.1 Å². The molecular formula is C20H19N5O. The molecule has 0 saturated carbocycles. The molecule has 0 aliphatic rings. The average molecular weight is 345 g/mol. The van der Waals surface area contributed by atoms with Gasteiger partial charge in [0.15, 0.2) is 5.82 Å². The van der Waals surface area contributed by atoms with Crippen LogP contribution in [0.1, 0.15) is 22.3 Å². The molecule has 0 aliphatic heterocycles. The lowest BCUT2D eigenvalue weighted by atomic mass is 10.1. The van der Waals surface area contributed by atoms with Gasteiger partial charge in [-0.1, -0.05) is 17.7 Å². The zero-order valence-electron chi connectivity index (χ0n) is 14.9. The van der Waals surface area contributed by atoms with Crippen LogP contribution >= 0.6 is 0 Å². The number of aryl methyl sites for hydroxylation is 3. The molecule has 0 unspecified atom stereocenters. The molecule has 130 valence electrons. The second-order valence-electron chi connectivity index (χ2n) is 6.10. The van der Waals surface area contributed by atoms with Crippen molar-refractivity contribution in [3.05, 3.63) is 64.8 Å². The van der Waals surface area contributed by atoms with Crippen molar-refractivity contribution in [1.29, 1.82) is 5.26 Å². The van der Waals surface area contributed by atoms with Gasteiger partial charge in [-0.05, 0) is 56.2 Å². The minimum Gasteiger partial charge on any atom is -0.424 e. The van der Waals surface area contributed by atoms with Gasteiger partial charge in [-0.3, -0.25) is 0 Å². The molecule has 0 atom stereocenters. The van der Waals surface area contributed by atoms with Crippen molar-refractivity contribution in [1.82, 2.24) is 9.97 Å². The molecule has 2 aromatic carbocycles. The molecule has 1 heterocycles. The summed E-state index contributed by atoms with van der Waals surface area (Å²) in [4.78, 5) is 8.54. The van der Waals surface area contributed by atoms with Gasteiger partial charge < -0.3 is 15.8 Å². The second kappa shape index (κ2) is 7.11. The van der Waals surface area contributed by atoms with Crippen LogP contribution in [-0.2, 0) is 0 Å². The lowest BCUT2D eigenvalue weighted by molar-refractivity contribution is 0.436. The maximum Gasteiger partial charge on any atom is 0.324 e. The summed E-state index contributed by atoms with van der Waals surface area (Å²) in [5, 5.41) is 12.0. The van der Waals surface area contributed by atoms with E-state index in [4.69, 9.17) is 15.7 Å². The van der Waals surface area contributed by atoms with Crippen molar-refractivity contribution < 1.29 is 4.74 Å². The molecule has 6 nitrogen and oxygen atoms in total. The molecule has 1 aromatic heterocycles. The van der Waals surface area contributed by atoms with Crippen molar-refractivity contribution in [2.45, 2.75) is 20.8 Å². The van der Waals surface area contributed by atoms with E-state index in [9.17, 15) is 0 Å². The molecule has 3 aromatic rings. The van der Waals surface area contributed by atoms with Crippen molar-refractivity contribution in [3.63, 3.8) is 0 Å². The molecule has 3 rings (SSSR count). The third-order valence-corrected chi connectivity index (χ3v) is 3.87. The molecule has 0 amide bonds. The third kappa shape index (κ3) is 3.73. The first-order valence-electron chi connectivity index (χ1n) is 8.11. The van der Waals surface area contributed by atoms with Gasteiger partial charge in [0, 0.05) is 5.69 Å². The predicted octanol–water partition coefficient (Wildman–Crippen LogP) is 4.39. The van der Waals surface area contributed by atoms with Gasteiger partial charge in [0.2, 0.25) is 0 Å². The van der Waals surface area contributed by atoms with Crippen molar-refractivity contribution in [3.8, 4) is 17.8 Å². The molecule has 3 N–H and O–H groups in total. The Morgan fingerprint density at radius 3 is 2.35 bits per heavy atom. The van der Waals surface area contributed by atoms with E-state index in [1.54, 1.807) is 24.3 Å². The Morgan fingerprint density at radius 2 is 1.73 bits per heavy atom. The first-order valence-corrected chi connectivity index (χ1v) is 8.11. The standard InChI is InChI=1S/C20H19N5O/c1-12-8-13(2)18(14(3)9-12)26-20-23-11-17(22)19(25-20)24-16-6-4-15(10-21)5-7-16/h4-9,11H,22H2,1-3H3,(H,23,24,25). The van der Waals surface area contributed by atoms with E-state index >= 15 is 0 Å². The van der Waals surface area contributed by atoms with E-state index in [2.05, 4.69) is 33.5 Å². The average Bonchev–Trinajstić information content (AvgIpc) is 2.61. The van der Waals surface area contributed by atoms with Gasteiger partial charge in [-0.2, -0.15) is 10.2 Å². The fraction of sp³-hybridized carbons (Fsp3) is 0.150. The largest absolute Gasteiger partial charge is 0.424 e. The number of aromatic nitrogens is 2. The van der Waals surface area contributed by atoms with E-state index in [1.165, 1.54) is 11.8 Å². The Hall–Kier alpha value is -3.59. The summed E-state index contributed by atoms with van der Waals surface area (Å²) in [6.45, 7) is 6.02. The SMILES string of the molecule is Cc1cc(C)c(Oc2ncc(N)c(Nc3ccc(C#N)cc3)n2)c(C)c1. The number of nitriles is 1. The van der Waals surface area contributed by atoms with Crippen molar-refractivity contribution >= 4 is 17.2 Å². The number of ether oxygens (including phenoxy) is 1. The second-order valence-corrected chi connectivity index (χ2v) is 6.10. The summed E-state index contributed by atoms with van der Waals surface area (Å²) in [5.74, 6) is 1.19. The van der Waals surface area contributed by atoms with Crippen molar-refractivity contribution in [2.24, 2.45) is 0 Å². The highest BCUT2D eigenvalue weighted by Crippen LogP contribution is 2.30. The van der Waals surface area contributed by atoms with Crippen LogP contribution in [0.4, 0.5) is 17.2 Å². The predicted molar refractivity (Wildman–Crippen MR) is 102 cm³/mol. The van der Waals surface area contributed by atoms with Crippen LogP contribution in [0.5, 0.6) is 11.8 Å². The topological polar surface area (TPSA) is 96.9 Å². The Morgan fingerprint density at radius 1 is 1.08 bits per heavy atom. The number of nitrogen functional groups attached to an aromatic ring is 1. The van der Waals surface area contributed by atoms with Gasteiger partial charge in [0.25, 0.3) is 0 Å². The molecule has 0 fully saturated rings. The Labute approximate surface area is 152 Å². The number of hydrogen-bond acceptors (Lipinski definition) is 6. The summed E-state index contributed by atoms with van der Waals surface area (Å²) >= 11 is 0. The minimum atomic E-state index is 0.213. The zero-order valence-corrected chi connectivity index (χ0v) is 14.9. The zero-order chi connectivity index (χ0) is 18.7. The number of rotatable bonds is 4. The molecule has 26 heavy (non-hydrogen) atoms. The highest BCUT2D eigenvalue weighted by Gasteiger charge is 2.11. The van der Waals surface area contributed by atoms with Crippen LogP contribution in [0.3, 0.4) is 0 Å². The summed E-state index contributed by atoms with van der Waals surface area (Å²) in [7, 11) is 0. The first-order chi connectivity index (χ1) is 12.5. The van der Waals surface area contributed by atoms with Gasteiger partial charge in [-0.15, -0.1) is 0 Å². The van der Waals surface area contributed by atoms with E-state index in [0.29, 0.717) is 17.1 Å². The Kier molecular flexibility index (Phi) is 4.72. The highest BCUT2D eigenvalue weighted by molar-refractivity contribution is 5.68. The van der Waals surface area contributed by atoms with Gasteiger partial charge in [0.05, 0.1) is 23.5 Å². The smallest absolute Gasteiger partial charge is 0.324 e. The van der Waals surface area contributed by atoms with Crippen LogP contribution in [0.25, 0.3) is 0 Å². The van der Waals surface area contributed by atoms with E-state index < -0.39 is 0 Å². The number of benzene rings is 2. The lowest BCUT2D eigenvalue weighted by Gasteiger charge is -2.13. The molecule has 0 radical (unpaired) electrons. The fourth-order valence-electron chi connectivity index (χ4n) is 2.71. The van der Waals surface area contributed by atoms with Crippen LogP contribution in [0, 0.1) is 32.1 Å². The van der Waals surface area contributed by atoms with Gasteiger partial charge in [-0.25, -0.2) is 4.98 Å². The highest BCUT2D eigenvalue weighted by atomic mass is 16.5. The molecule has 6 heteroatoms. The number of nitrogens with zero attached hydrogens (tertiary/aromatic N) is 3. The molecular weight excluding hydrogens is 326 g/mol. The summed E-state index contributed by atoms with van der Waals surface area (Å²) < 4.78 is 5.90. The minimum absolute atomic E-state index is 0.213. The third-order valence-electron chi connectivity index (χ3n) is 3.87.